The summed E-state index contributed by atoms with van der Waals surface area (Å²) in [6, 6.07) is 3.46. The highest BCUT2D eigenvalue weighted by Crippen LogP contribution is 2.27. The molecule has 0 aliphatic rings. The maximum Gasteiger partial charge on any atom is 0.298 e. The van der Waals surface area contributed by atoms with Gasteiger partial charge < -0.3 is 9.73 Å². The fourth-order valence-electron chi connectivity index (χ4n) is 2.64. The fourth-order valence-corrected chi connectivity index (χ4v) is 3.33. The SMILES string of the molecule is CC(=O)NCc1ccc(-c2csc(NC(=O)C(=O)c3c(C)nn(C)c3C)n2)o1. The largest absolute Gasteiger partial charge is 0.458 e. The van der Waals surface area contributed by atoms with Gasteiger partial charge in [0.1, 0.15) is 11.5 Å². The molecule has 0 saturated heterocycles. The first-order chi connectivity index (χ1) is 13.3. The van der Waals surface area contributed by atoms with Crippen LogP contribution in [0.3, 0.4) is 0 Å². The van der Waals surface area contributed by atoms with Crippen molar-refractivity contribution >= 4 is 34.1 Å². The molecule has 10 heteroatoms. The Balaban J connectivity index is 1.70. The van der Waals surface area contributed by atoms with E-state index in [4.69, 9.17) is 4.42 Å². The van der Waals surface area contributed by atoms with Crippen LogP contribution in [-0.4, -0.2) is 32.4 Å². The molecule has 3 heterocycles. The number of anilines is 1. The Morgan fingerprint density at radius 1 is 1.25 bits per heavy atom. The Kier molecular flexibility index (Phi) is 5.41. The van der Waals surface area contributed by atoms with Crippen LogP contribution in [0.1, 0.15) is 34.4 Å². The number of Topliss-reactive ketones (excluding diaryl/α,β-unsaturated/α-hetero) is 1. The van der Waals surface area contributed by atoms with Gasteiger partial charge in [-0.25, -0.2) is 4.98 Å². The first kappa shape index (κ1) is 19.5. The van der Waals surface area contributed by atoms with Crippen molar-refractivity contribution in [3.8, 4) is 11.5 Å². The fraction of sp³-hybridized carbons (Fsp3) is 0.278. The van der Waals surface area contributed by atoms with Gasteiger partial charge in [-0.3, -0.25) is 24.4 Å². The van der Waals surface area contributed by atoms with Crippen LogP contribution in [0.4, 0.5) is 5.13 Å². The molecular weight excluding hydrogens is 382 g/mol. The van der Waals surface area contributed by atoms with Crippen LogP contribution in [-0.2, 0) is 23.2 Å². The summed E-state index contributed by atoms with van der Waals surface area (Å²) in [5.41, 5.74) is 1.95. The van der Waals surface area contributed by atoms with Gasteiger partial charge >= 0.3 is 0 Å². The molecule has 2 N–H and O–H groups in total. The molecule has 0 fully saturated rings. The number of aromatic nitrogens is 3. The normalized spacial score (nSPS) is 10.7. The number of nitrogens with zero attached hydrogens (tertiary/aromatic N) is 3. The number of furan rings is 1. The molecule has 0 aliphatic carbocycles. The third-order valence-electron chi connectivity index (χ3n) is 4.09. The minimum Gasteiger partial charge on any atom is -0.458 e. The zero-order valence-electron chi connectivity index (χ0n) is 15.8. The molecule has 3 aromatic heterocycles. The Morgan fingerprint density at radius 3 is 2.64 bits per heavy atom. The van der Waals surface area contributed by atoms with Gasteiger partial charge in [0.25, 0.3) is 11.7 Å². The number of rotatable bonds is 6. The number of hydrogen-bond acceptors (Lipinski definition) is 7. The standard InChI is InChI=1S/C18H19N5O4S/c1-9-15(10(2)23(4)22-9)16(25)17(26)21-18-20-13(8-28-18)14-6-5-12(27-14)7-19-11(3)24/h5-6,8H,7H2,1-4H3,(H,19,24)(H,20,21,26). The first-order valence-electron chi connectivity index (χ1n) is 8.41. The second kappa shape index (κ2) is 7.77. The monoisotopic (exact) mass is 401 g/mol. The number of ketones is 1. The van der Waals surface area contributed by atoms with Crippen LogP contribution in [0, 0.1) is 13.8 Å². The van der Waals surface area contributed by atoms with Gasteiger partial charge in [-0.15, -0.1) is 11.3 Å². The van der Waals surface area contributed by atoms with E-state index in [-0.39, 0.29) is 17.6 Å². The second-order valence-electron chi connectivity index (χ2n) is 6.17. The third-order valence-corrected chi connectivity index (χ3v) is 4.85. The van der Waals surface area contributed by atoms with E-state index in [9.17, 15) is 14.4 Å². The zero-order valence-corrected chi connectivity index (χ0v) is 16.6. The topological polar surface area (TPSA) is 119 Å². The van der Waals surface area contributed by atoms with E-state index in [1.807, 2.05) is 0 Å². The van der Waals surface area contributed by atoms with Crippen molar-refractivity contribution in [1.29, 1.82) is 0 Å². The summed E-state index contributed by atoms with van der Waals surface area (Å²) < 4.78 is 7.19. The van der Waals surface area contributed by atoms with Crippen LogP contribution in [0.25, 0.3) is 11.5 Å². The van der Waals surface area contributed by atoms with Crippen LogP contribution < -0.4 is 10.6 Å². The van der Waals surface area contributed by atoms with Crippen molar-refractivity contribution in [3.63, 3.8) is 0 Å². The van der Waals surface area contributed by atoms with Crippen LogP contribution >= 0.6 is 11.3 Å². The van der Waals surface area contributed by atoms with Crippen LogP contribution in [0.15, 0.2) is 21.9 Å². The van der Waals surface area contributed by atoms with Crippen molar-refractivity contribution in [2.45, 2.75) is 27.3 Å². The van der Waals surface area contributed by atoms with Crippen molar-refractivity contribution in [2.75, 3.05) is 5.32 Å². The van der Waals surface area contributed by atoms with E-state index >= 15 is 0 Å². The molecule has 0 unspecified atom stereocenters. The summed E-state index contributed by atoms with van der Waals surface area (Å²) in [5, 5.41) is 11.3. The first-order valence-corrected chi connectivity index (χ1v) is 9.29. The molecular formula is C18H19N5O4S. The summed E-state index contributed by atoms with van der Waals surface area (Å²) in [6.07, 6.45) is 0. The number of thiazole rings is 1. The third kappa shape index (κ3) is 4.01. The quantitative estimate of drug-likeness (QED) is 0.483. The summed E-state index contributed by atoms with van der Waals surface area (Å²) >= 11 is 1.18. The maximum absolute atomic E-state index is 12.5. The zero-order chi connectivity index (χ0) is 20.4. The highest BCUT2D eigenvalue weighted by atomic mass is 32.1. The number of carbonyl (C=O) groups is 3. The van der Waals surface area contributed by atoms with E-state index < -0.39 is 11.7 Å². The van der Waals surface area contributed by atoms with Crippen molar-refractivity contribution < 1.29 is 18.8 Å². The average molecular weight is 401 g/mol. The molecule has 0 bridgehead atoms. The Morgan fingerprint density at radius 2 is 2.00 bits per heavy atom. The minimum absolute atomic E-state index is 0.152. The molecule has 0 saturated carbocycles. The molecule has 146 valence electrons. The van der Waals surface area contributed by atoms with Gasteiger partial charge in [0.15, 0.2) is 10.9 Å². The molecule has 3 rings (SSSR count). The molecule has 0 spiro atoms. The van der Waals surface area contributed by atoms with E-state index in [1.165, 1.54) is 18.3 Å². The van der Waals surface area contributed by atoms with E-state index in [0.29, 0.717) is 34.2 Å². The summed E-state index contributed by atoms with van der Waals surface area (Å²) in [4.78, 5) is 40.1. The lowest BCUT2D eigenvalue weighted by molar-refractivity contribution is -0.119. The number of amides is 2. The lowest BCUT2D eigenvalue weighted by Gasteiger charge is -2.01. The lowest BCUT2D eigenvalue weighted by atomic mass is 10.1. The minimum atomic E-state index is -0.772. The number of carbonyl (C=O) groups excluding carboxylic acids is 3. The number of hydrogen-bond donors (Lipinski definition) is 2. The smallest absolute Gasteiger partial charge is 0.298 e. The molecule has 0 aliphatic heterocycles. The molecule has 0 radical (unpaired) electrons. The number of aryl methyl sites for hydroxylation is 2. The molecule has 2 amide bonds. The summed E-state index contributed by atoms with van der Waals surface area (Å²) in [5.74, 6) is -0.495. The van der Waals surface area contributed by atoms with Crippen molar-refractivity contribution in [2.24, 2.45) is 7.05 Å². The van der Waals surface area contributed by atoms with E-state index in [2.05, 4.69) is 20.7 Å². The Labute approximate surface area is 164 Å². The molecule has 0 aromatic carbocycles. The average Bonchev–Trinajstić information content (AvgIpc) is 3.33. The Hall–Kier alpha value is -3.27. The molecule has 28 heavy (non-hydrogen) atoms. The van der Waals surface area contributed by atoms with Gasteiger partial charge in [0, 0.05) is 25.0 Å². The van der Waals surface area contributed by atoms with Gasteiger partial charge in [0.05, 0.1) is 17.8 Å². The van der Waals surface area contributed by atoms with Gasteiger partial charge in [0.2, 0.25) is 5.91 Å². The lowest BCUT2D eigenvalue weighted by Crippen LogP contribution is -2.23. The highest BCUT2D eigenvalue weighted by Gasteiger charge is 2.24. The molecule has 9 nitrogen and oxygen atoms in total. The van der Waals surface area contributed by atoms with Gasteiger partial charge in [-0.1, -0.05) is 0 Å². The molecule has 0 atom stereocenters. The summed E-state index contributed by atoms with van der Waals surface area (Å²) in [6.45, 7) is 5.12. The second-order valence-corrected chi connectivity index (χ2v) is 7.02. The van der Waals surface area contributed by atoms with Crippen LogP contribution in [0.5, 0.6) is 0 Å². The van der Waals surface area contributed by atoms with Crippen LogP contribution in [0.2, 0.25) is 0 Å². The van der Waals surface area contributed by atoms with E-state index in [0.717, 1.165) is 0 Å². The molecule has 3 aromatic rings. The Bertz CT molecular complexity index is 1060. The van der Waals surface area contributed by atoms with Gasteiger partial charge in [-0.2, -0.15) is 5.10 Å². The highest BCUT2D eigenvalue weighted by molar-refractivity contribution is 7.14. The van der Waals surface area contributed by atoms with Crippen molar-refractivity contribution in [3.05, 3.63) is 40.2 Å². The van der Waals surface area contributed by atoms with Gasteiger partial charge in [-0.05, 0) is 26.0 Å². The van der Waals surface area contributed by atoms with Crippen molar-refractivity contribution in [1.82, 2.24) is 20.1 Å². The predicted molar refractivity (Wildman–Crippen MR) is 103 cm³/mol. The number of nitrogens with one attached hydrogen (secondary N) is 2. The predicted octanol–water partition coefficient (Wildman–Crippen LogP) is 2.21. The maximum atomic E-state index is 12.5. The van der Waals surface area contributed by atoms with E-state index in [1.54, 1.807) is 43.1 Å². The summed E-state index contributed by atoms with van der Waals surface area (Å²) in [7, 11) is 1.72.